The number of phenols is 1. The van der Waals surface area contributed by atoms with Crippen LogP contribution < -0.4 is 15.4 Å². The number of unbranched alkanes of at least 4 members (excludes halogenated alkanes) is 2. The average molecular weight is 358 g/mol. The number of carbonyl (C=O) groups excluding carboxylic acids is 1. The number of carbonyl (C=O) groups is 1. The number of hydrogen-bond acceptors (Lipinski definition) is 4. The third-order valence-electron chi connectivity index (χ3n) is 3.49. The van der Waals surface area contributed by atoms with Gasteiger partial charge in [-0.2, -0.15) is 0 Å². The molecule has 0 spiro atoms. The molecule has 132 valence electrons. The van der Waals surface area contributed by atoms with Crippen molar-refractivity contribution >= 4 is 28.9 Å². The number of amides is 1. The molecule has 2 aromatic rings. The SMILES string of the molecule is CCCCCOc1ccccc1C(=O)NC(=S)Nc1ccc(O)cc1. The predicted molar refractivity (Wildman–Crippen MR) is 103 cm³/mol. The Morgan fingerprint density at radius 1 is 1.12 bits per heavy atom. The molecule has 0 aliphatic heterocycles. The van der Waals surface area contributed by atoms with Gasteiger partial charge in [-0.3, -0.25) is 10.1 Å². The second-order valence-electron chi connectivity index (χ2n) is 5.51. The minimum atomic E-state index is -0.331. The lowest BCUT2D eigenvalue weighted by Gasteiger charge is -2.13. The van der Waals surface area contributed by atoms with Crippen LogP contribution in [0, 0.1) is 0 Å². The number of aromatic hydroxyl groups is 1. The van der Waals surface area contributed by atoms with Crippen molar-refractivity contribution in [1.29, 1.82) is 0 Å². The minimum absolute atomic E-state index is 0.162. The summed E-state index contributed by atoms with van der Waals surface area (Å²) in [6.07, 6.45) is 3.16. The second kappa shape index (κ2) is 9.64. The molecular weight excluding hydrogens is 336 g/mol. The van der Waals surface area contributed by atoms with Gasteiger partial charge in [0.15, 0.2) is 5.11 Å². The van der Waals surface area contributed by atoms with Crippen LogP contribution in [0.2, 0.25) is 0 Å². The molecule has 0 aromatic heterocycles. The highest BCUT2D eigenvalue weighted by atomic mass is 32.1. The lowest BCUT2D eigenvalue weighted by Crippen LogP contribution is -2.34. The number of phenolic OH excluding ortho intramolecular Hbond substituents is 1. The summed E-state index contributed by atoms with van der Waals surface area (Å²) in [7, 11) is 0. The summed E-state index contributed by atoms with van der Waals surface area (Å²) in [5, 5.41) is 15.0. The highest BCUT2D eigenvalue weighted by Crippen LogP contribution is 2.19. The molecule has 0 aliphatic rings. The maximum atomic E-state index is 12.5. The fourth-order valence-corrected chi connectivity index (χ4v) is 2.40. The summed E-state index contributed by atoms with van der Waals surface area (Å²) in [4.78, 5) is 12.5. The zero-order valence-corrected chi connectivity index (χ0v) is 14.9. The molecule has 25 heavy (non-hydrogen) atoms. The van der Waals surface area contributed by atoms with E-state index in [4.69, 9.17) is 17.0 Å². The Kier molecular flexibility index (Phi) is 7.22. The Balaban J connectivity index is 1.95. The molecule has 2 rings (SSSR count). The lowest BCUT2D eigenvalue weighted by molar-refractivity contribution is 0.0973. The predicted octanol–water partition coefficient (Wildman–Crippen LogP) is 4.09. The van der Waals surface area contributed by atoms with Crippen molar-refractivity contribution in [3.63, 3.8) is 0 Å². The van der Waals surface area contributed by atoms with Crippen molar-refractivity contribution in [3.05, 3.63) is 54.1 Å². The van der Waals surface area contributed by atoms with Crippen molar-refractivity contribution < 1.29 is 14.6 Å². The Bertz CT molecular complexity index is 717. The first-order chi connectivity index (χ1) is 12.1. The van der Waals surface area contributed by atoms with E-state index < -0.39 is 0 Å². The van der Waals surface area contributed by atoms with Gasteiger partial charge < -0.3 is 15.2 Å². The van der Waals surface area contributed by atoms with Crippen LogP contribution in [0.4, 0.5) is 5.69 Å². The molecule has 0 atom stereocenters. The highest BCUT2D eigenvalue weighted by Gasteiger charge is 2.13. The van der Waals surface area contributed by atoms with Crippen LogP contribution >= 0.6 is 12.2 Å². The van der Waals surface area contributed by atoms with Gasteiger partial charge in [-0.1, -0.05) is 31.9 Å². The molecule has 0 heterocycles. The van der Waals surface area contributed by atoms with E-state index in [9.17, 15) is 9.90 Å². The smallest absolute Gasteiger partial charge is 0.261 e. The summed E-state index contributed by atoms with van der Waals surface area (Å²) in [6.45, 7) is 2.71. The quantitative estimate of drug-likeness (QED) is 0.395. The zero-order valence-electron chi connectivity index (χ0n) is 14.1. The first kappa shape index (κ1) is 18.7. The normalized spacial score (nSPS) is 10.1. The van der Waals surface area contributed by atoms with Gasteiger partial charge in [0.2, 0.25) is 0 Å². The molecule has 0 bridgehead atoms. The van der Waals surface area contributed by atoms with Gasteiger partial charge in [-0.05, 0) is 55.0 Å². The molecule has 5 nitrogen and oxygen atoms in total. The van der Waals surface area contributed by atoms with Crippen molar-refractivity contribution in [2.45, 2.75) is 26.2 Å². The number of thiocarbonyl (C=S) groups is 1. The van der Waals surface area contributed by atoms with E-state index >= 15 is 0 Å². The summed E-state index contributed by atoms with van der Waals surface area (Å²) in [5.41, 5.74) is 1.11. The third kappa shape index (κ3) is 6.08. The topological polar surface area (TPSA) is 70.6 Å². The van der Waals surface area contributed by atoms with Gasteiger partial charge in [0.05, 0.1) is 12.2 Å². The van der Waals surface area contributed by atoms with E-state index in [-0.39, 0.29) is 16.8 Å². The minimum Gasteiger partial charge on any atom is -0.508 e. The van der Waals surface area contributed by atoms with Crippen LogP contribution in [0.5, 0.6) is 11.5 Å². The van der Waals surface area contributed by atoms with Crippen LogP contribution in [-0.2, 0) is 0 Å². The van der Waals surface area contributed by atoms with E-state index in [0.29, 0.717) is 23.6 Å². The van der Waals surface area contributed by atoms with Crippen LogP contribution in [0.25, 0.3) is 0 Å². The first-order valence-corrected chi connectivity index (χ1v) is 8.64. The number of anilines is 1. The number of para-hydroxylation sites is 1. The molecule has 0 saturated carbocycles. The maximum Gasteiger partial charge on any atom is 0.261 e. The Labute approximate surface area is 153 Å². The lowest BCUT2D eigenvalue weighted by atomic mass is 10.2. The Hall–Kier alpha value is -2.60. The molecule has 2 aromatic carbocycles. The van der Waals surface area contributed by atoms with Gasteiger partial charge in [0.25, 0.3) is 5.91 Å². The standard InChI is InChI=1S/C19H22N2O3S/c1-2-3-6-13-24-17-8-5-4-7-16(17)18(23)21-19(25)20-14-9-11-15(22)12-10-14/h4-5,7-12,22H,2-3,6,13H2,1H3,(H2,20,21,23,25). The van der Waals surface area contributed by atoms with E-state index in [1.807, 2.05) is 6.07 Å². The molecule has 0 radical (unpaired) electrons. The maximum absolute atomic E-state index is 12.5. The van der Waals surface area contributed by atoms with E-state index in [1.165, 1.54) is 12.1 Å². The summed E-state index contributed by atoms with van der Waals surface area (Å²) >= 11 is 5.16. The molecule has 6 heteroatoms. The second-order valence-corrected chi connectivity index (χ2v) is 5.92. The number of benzene rings is 2. The molecular formula is C19H22N2O3S. The number of rotatable bonds is 7. The van der Waals surface area contributed by atoms with Crippen LogP contribution in [0.3, 0.4) is 0 Å². The van der Waals surface area contributed by atoms with Gasteiger partial charge in [-0.25, -0.2) is 0 Å². The number of hydrogen-bond donors (Lipinski definition) is 3. The van der Waals surface area contributed by atoms with Crippen molar-refractivity contribution in [2.24, 2.45) is 0 Å². The third-order valence-corrected chi connectivity index (χ3v) is 3.69. The van der Waals surface area contributed by atoms with Crippen LogP contribution in [0.15, 0.2) is 48.5 Å². The Morgan fingerprint density at radius 3 is 2.56 bits per heavy atom. The van der Waals surface area contributed by atoms with E-state index in [2.05, 4.69) is 17.6 Å². The van der Waals surface area contributed by atoms with E-state index in [0.717, 1.165) is 19.3 Å². The molecule has 0 unspecified atom stereocenters. The fraction of sp³-hybridized carbons (Fsp3) is 0.263. The summed E-state index contributed by atoms with van der Waals surface area (Å²) < 4.78 is 5.72. The number of nitrogens with one attached hydrogen (secondary N) is 2. The van der Waals surface area contributed by atoms with Crippen molar-refractivity contribution in [3.8, 4) is 11.5 Å². The fourth-order valence-electron chi connectivity index (χ4n) is 2.19. The number of ether oxygens (including phenoxy) is 1. The Morgan fingerprint density at radius 2 is 1.84 bits per heavy atom. The first-order valence-electron chi connectivity index (χ1n) is 8.23. The monoisotopic (exact) mass is 358 g/mol. The summed E-state index contributed by atoms with van der Waals surface area (Å²) in [6, 6.07) is 13.5. The largest absolute Gasteiger partial charge is 0.508 e. The molecule has 1 amide bonds. The average Bonchev–Trinajstić information content (AvgIpc) is 2.61. The van der Waals surface area contributed by atoms with Crippen LogP contribution in [-0.4, -0.2) is 22.7 Å². The van der Waals surface area contributed by atoms with E-state index in [1.54, 1.807) is 30.3 Å². The molecule has 0 fully saturated rings. The molecule has 3 N–H and O–H groups in total. The van der Waals surface area contributed by atoms with Crippen LogP contribution in [0.1, 0.15) is 36.5 Å². The highest BCUT2D eigenvalue weighted by molar-refractivity contribution is 7.80. The zero-order chi connectivity index (χ0) is 18.1. The van der Waals surface area contributed by atoms with Crippen molar-refractivity contribution in [1.82, 2.24) is 5.32 Å². The molecule has 0 saturated heterocycles. The van der Waals surface area contributed by atoms with Gasteiger partial charge >= 0.3 is 0 Å². The van der Waals surface area contributed by atoms with Crippen molar-refractivity contribution in [2.75, 3.05) is 11.9 Å². The summed E-state index contributed by atoms with van der Waals surface area (Å²) in [5.74, 6) is 0.376. The van der Waals surface area contributed by atoms with Gasteiger partial charge in [0.1, 0.15) is 11.5 Å². The molecule has 0 aliphatic carbocycles. The van der Waals surface area contributed by atoms with Gasteiger partial charge in [-0.15, -0.1) is 0 Å². The van der Waals surface area contributed by atoms with Gasteiger partial charge in [0, 0.05) is 5.69 Å².